The van der Waals surface area contributed by atoms with Gasteiger partial charge in [-0.25, -0.2) is 9.78 Å². The maximum Gasteiger partial charge on any atom is 0.340 e. The number of aliphatic hydroxyl groups is 2. The lowest BCUT2D eigenvalue weighted by atomic mass is 9.91. The first-order valence-electron chi connectivity index (χ1n) is 8.21. The van der Waals surface area contributed by atoms with Crippen molar-refractivity contribution in [2.75, 3.05) is 0 Å². The summed E-state index contributed by atoms with van der Waals surface area (Å²) in [7, 11) is 0. The lowest BCUT2D eigenvalue weighted by Gasteiger charge is -2.22. The predicted molar refractivity (Wildman–Crippen MR) is 95.3 cm³/mol. The minimum atomic E-state index is -2.34. The van der Waals surface area contributed by atoms with Crippen LogP contribution in [-0.4, -0.2) is 35.9 Å². The zero-order valence-electron chi connectivity index (χ0n) is 14.3. The Morgan fingerprint density at radius 1 is 1.30 bits per heavy atom. The van der Waals surface area contributed by atoms with Crippen LogP contribution in [0.2, 0.25) is 0 Å². The molecule has 4 N–H and O–H groups in total. The van der Waals surface area contributed by atoms with E-state index >= 15 is 0 Å². The van der Waals surface area contributed by atoms with E-state index in [1.807, 2.05) is 0 Å². The molecule has 0 saturated carbocycles. The molecule has 0 unspecified atom stereocenters. The van der Waals surface area contributed by atoms with Gasteiger partial charge in [0.05, 0.1) is 30.1 Å². The average Bonchev–Trinajstić information content (AvgIpc) is 2.97. The maximum atomic E-state index is 12.8. The van der Waals surface area contributed by atoms with Gasteiger partial charge in [-0.15, -0.1) is 0 Å². The van der Waals surface area contributed by atoms with Gasteiger partial charge in [-0.1, -0.05) is 0 Å². The Bertz CT molecular complexity index is 1180. The number of aliphatic carboxylic acids is 1. The van der Waals surface area contributed by atoms with Crippen molar-refractivity contribution >= 4 is 16.9 Å². The zero-order chi connectivity index (χ0) is 19.5. The predicted octanol–water partition coefficient (Wildman–Crippen LogP) is 0.915. The number of aliphatic hydroxyl groups excluding tert-OH is 1. The highest BCUT2D eigenvalue weighted by Gasteiger charge is 2.37. The fourth-order valence-corrected chi connectivity index (χ4v) is 3.47. The molecule has 8 nitrogen and oxygen atoms in total. The van der Waals surface area contributed by atoms with Crippen molar-refractivity contribution in [3.63, 3.8) is 0 Å². The van der Waals surface area contributed by atoms with Crippen LogP contribution in [0, 0.1) is 0 Å². The van der Waals surface area contributed by atoms with Gasteiger partial charge < -0.3 is 25.0 Å². The van der Waals surface area contributed by atoms with Crippen LogP contribution in [0.25, 0.3) is 22.3 Å². The number of phenols is 1. The van der Waals surface area contributed by atoms with Crippen LogP contribution in [0.5, 0.6) is 5.75 Å². The molecule has 0 radical (unpaired) electrons. The molecule has 1 atom stereocenters. The van der Waals surface area contributed by atoms with Crippen LogP contribution in [0.1, 0.15) is 23.6 Å². The molecule has 0 fully saturated rings. The van der Waals surface area contributed by atoms with Crippen LogP contribution < -0.4 is 5.56 Å². The molecular formula is C19H16N2O6. The number of aromatic nitrogens is 2. The van der Waals surface area contributed by atoms with Gasteiger partial charge in [0.25, 0.3) is 5.56 Å². The van der Waals surface area contributed by atoms with Gasteiger partial charge in [-0.05, 0) is 37.3 Å². The molecule has 4 rings (SSSR count). The number of benzene rings is 1. The van der Waals surface area contributed by atoms with E-state index in [2.05, 4.69) is 4.98 Å². The van der Waals surface area contributed by atoms with E-state index in [0.29, 0.717) is 22.3 Å². The van der Waals surface area contributed by atoms with Gasteiger partial charge in [0, 0.05) is 22.1 Å². The number of carboxylic acid groups (broad SMARTS) is 1. The fraction of sp³-hybridized carbons (Fsp3) is 0.211. The van der Waals surface area contributed by atoms with Gasteiger partial charge in [0.15, 0.2) is 5.60 Å². The van der Waals surface area contributed by atoms with Crippen LogP contribution in [0.3, 0.4) is 0 Å². The number of carboxylic acids is 1. The standard InChI is InChI=1S/C19H16N2O6/c1-19(27,18(25)26)13-6-15-16-10(7-21(15)17(24)12(13)8-22)4-9-5-11(23)2-3-14(9)20-16/h2-6,22-23,27H,7-8H2,1H3,(H,25,26)/t19-/m0/s1. The summed E-state index contributed by atoms with van der Waals surface area (Å²) in [6.45, 7) is 0.564. The molecule has 0 aliphatic carbocycles. The second-order valence-electron chi connectivity index (χ2n) is 6.72. The summed E-state index contributed by atoms with van der Waals surface area (Å²) in [5, 5.41) is 39.7. The number of hydrogen-bond acceptors (Lipinski definition) is 6. The summed E-state index contributed by atoms with van der Waals surface area (Å²) in [6.07, 6.45) is 0. The molecule has 138 valence electrons. The summed E-state index contributed by atoms with van der Waals surface area (Å²) in [6, 6.07) is 7.90. The normalized spacial score (nSPS) is 14.6. The van der Waals surface area contributed by atoms with E-state index in [0.717, 1.165) is 12.5 Å². The Kier molecular flexibility index (Phi) is 3.59. The summed E-state index contributed by atoms with van der Waals surface area (Å²) in [5.74, 6) is -1.43. The van der Waals surface area contributed by atoms with E-state index in [1.54, 1.807) is 18.2 Å². The Labute approximate surface area is 152 Å². The second kappa shape index (κ2) is 5.63. The topological polar surface area (TPSA) is 133 Å². The molecule has 0 saturated heterocycles. The molecule has 3 heterocycles. The van der Waals surface area contributed by atoms with Crippen LogP contribution >= 0.6 is 0 Å². The first-order chi connectivity index (χ1) is 12.7. The number of rotatable bonds is 3. The molecule has 2 aromatic heterocycles. The van der Waals surface area contributed by atoms with Gasteiger partial charge in [0.2, 0.25) is 0 Å². The first kappa shape index (κ1) is 17.2. The number of fused-ring (bicyclic) bond motifs is 4. The Morgan fingerprint density at radius 2 is 2.04 bits per heavy atom. The lowest BCUT2D eigenvalue weighted by Crippen LogP contribution is -2.37. The van der Waals surface area contributed by atoms with Gasteiger partial charge in [0.1, 0.15) is 5.75 Å². The molecule has 3 aromatic rings. The van der Waals surface area contributed by atoms with E-state index in [9.17, 15) is 30.0 Å². The highest BCUT2D eigenvalue weighted by Crippen LogP contribution is 2.35. The highest BCUT2D eigenvalue weighted by molar-refractivity contribution is 5.85. The molecule has 1 aromatic carbocycles. The third-order valence-corrected chi connectivity index (χ3v) is 4.95. The van der Waals surface area contributed by atoms with Crippen molar-refractivity contribution in [3.8, 4) is 17.1 Å². The summed E-state index contributed by atoms with van der Waals surface area (Å²) >= 11 is 0. The molecule has 0 bridgehead atoms. The Morgan fingerprint density at radius 3 is 2.70 bits per heavy atom. The number of aromatic hydroxyl groups is 1. The lowest BCUT2D eigenvalue weighted by molar-refractivity contribution is -0.157. The molecule has 27 heavy (non-hydrogen) atoms. The molecule has 1 aliphatic rings. The van der Waals surface area contributed by atoms with Crippen molar-refractivity contribution in [1.82, 2.24) is 9.55 Å². The summed E-state index contributed by atoms with van der Waals surface area (Å²) in [5.41, 5.74) is -1.03. The number of phenolic OH excluding ortho intramolecular Hbond substituents is 1. The fourth-order valence-electron chi connectivity index (χ4n) is 3.47. The quantitative estimate of drug-likeness (QED) is 0.422. The summed E-state index contributed by atoms with van der Waals surface area (Å²) in [4.78, 5) is 28.8. The monoisotopic (exact) mass is 368 g/mol. The van der Waals surface area contributed by atoms with E-state index in [-0.39, 0.29) is 23.4 Å². The van der Waals surface area contributed by atoms with E-state index in [1.165, 1.54) is 16.7 Å². The Hall–Kier alpha value is -3.23. The van der Waals surface area contributed by atoms with Gasteiger partial charge in [-0.2, -0.15) is 0 Å². The largest absolute Gasteiger partial charge is 0.508 e. The van der Waals surface area contributed by atoms with Gasteiger partial charge >= 0.3 is 5.97 Å². The number of carbonyl (C=O) groups is 1. The SMILES string of the molecule is C[C@@](O)(C(=O)O)c1cc2n(c(=O)c1CO)Cc1cc3cc(O)ccc3nc1-2. The smallest absolute Gasteiger partial charge is 0.340 e. The first-order valence-corrected chi connectivity index (χ1v) is 8.21. The van der Waals surface area contributed by atoms with Crippen molar-refractivity contribution in [2.24, 2.45) is 0 Å². The maximum absolute atomic E-state index is 12.8. The van der Waals surface area contributed by atoms with E-state index in [4.69, 9.17) is 0 Å². The van der Waals surface area contributed by atoms with Crippen molar-refractivity contribution in [1.29, 1.82) is 0 Å². The van der Waals surface area contributed by atoms with Crippen LogP contribution in [0.4, 0.5) is 0 Å². The van der Waals surface area contributed by atoms with E-state index < -0.39 is 23.7 Å². The number of hydrogen-bond donors (Lipinski definition) is 4. The molecule has 8 heteroatoms. The van der Waals surface area contributed by atoms with Crippen molar-refractivity contribution in [2.45, 2.75) is 25.7 Å². The number of nitrogens with zero attached hydrogens (tertiary/aromatic N) is 2. The van der Waals surface area contributed by atoms with Gasteiger partial charge in [-0.3, -0.25) is 4.79 Å². The van der Waals surface area contributed by atoms with Crippen LogP contribution in [-0.2, 0) is 23.5 Å². The zero-order valence-corrected chi connectivity index (χ0v) is 14.3. The molecule has 0 amide bonds. The number of pyridine rings is 2. The average molecular weight is 368 g/mol. The highest BCUT2D eigenvalue weighted by atomic mass is 16.4. The minimum Gasteiger partial charge on any atom is -0.508 e. The van der Waals surface area contributed by atoms with Crippen molar-refractivity contribution in [3.05, 3.63) is 57.4 Å². The third-order valence-electron chi connectivity index (χ3n) is 4.95. The third kappa shape index (κ3) is 2.42. The molecule has 0 spiro atoms. The minimum absolute atomic E-state index is 0.0966. The second-order valence-corrected chi connectivity index (χ2v) is 6.72. The molecule has 1 aliphatic heterocycles. The molecular weight excluding hydrogens is 352 g/mol. The summed E-state index contributed by atoms with van der Waals surface area (Å²) < 4.78 is 1.39. The Balaban J connectivity index is 2.02. The van der Waals surface area contributed by atoms with Crippen LogP contribution in [0.15, 0.2) is 35.1 Å². The van der Waals surface area contributed by atoms with Crippen molar-refractivity contribution < 1.29 is 25.2 Å².